The maximum atomic E-state index is 12.4. The highest BCUT2D eigenvalue weighted by molar-refractivity contribution is 8.00. The molecule has 1 saturated heterocycles. The smallest absolute Gasteiger partial charge is 0.446 e. The molecule has 0 saturated carbocycles. The maximum Gasteiger partial charge on any atom is 0.446 e. The molecular weight excluding hydrogens is 431 g/mol. The van der Waals surface area contributed by atoms with Crippen LogP contribution in [-0.2, 0) is 11.3 Å². The zero-order valence-corrected chi connectivity index (χ0v) is 17.5. The second-order valence-corrected chi connectivity index (χ2v) is 8.50. The van der Waals surface area contributed by atoms with Crippen LogP contribution >= 0.6 is 11.8 Å². The molecule has 10 heteroatoms. The lowest BCUT2D eigenvalue weighted by Crippen LogP contribution is -2.48. The van der Waals surface area contributed by atoms with Crippen LogP contribution < -0.4 is 14.8 Å². The maximum absolute atomic E-state index is 12.4. The van der Waals surface area contributed by atoms with Crippen molar-refractivity contribution < 1.29 is 27.4 Å². The molecule has 0 radical (unpaired) electrons. The number of piperazine rings is 1. The number of nitrogens with zero attached hydrogens (tertiary/aromatic N) is 2. The lowest BCUT2D eigenvalue weighted by atomic mass is 10.1. The topological polar surface area (TPSA) is 54.0 Å². The molecule has 2 heterocycles. The number of thioether (sulfide) groups is 1. The van der Waals surface area contributed by atoms with Crippen LogP contribution in [0.4, 0.5) is 18.9 Å². The van der Waals surface area contributed by atoms with Gasteiger partial charge < -0.3 is 14.8 Å². The molecule has 2 aromatic rings. The molecular formula is C21H22F3N3O3S. The molecule has 2 aliphatic heterocycles. The molecule has 166 valence electrons. The van der Waals surface area contributed by atoms with Crippen molar-refractivity contribution in [2.45, 2.75) is 16.9 Å². The Labute approximate surface area is 182 Å². The molecule has 0 atom stereocenters. The third-order valence-electron chi connectivity index (χ3n) is 5.05. The molecule has 2 aliphatic rings. The van der Waals surface area contributed by atoms with Crippen LogP contribution in [0.1, 0.15) is 5.56 Å². The Morgan fingerprint density at radius 3 is 2.35 bits per heavy atom. The van der Waals surface area contributed by atoms with Crippen LogP contribution in [0.15, 0.2) is 47.4 Å². The molecule has 6 nitrogen and oxygen atoms in total. The fourth-order valence-corrected chi connectivity index (χ4v) is 4.09. The Hall–Kier alpha value is -2.43. The summed E-state index contributed by atoms with van der Waals surface area (Å²) in [4.78, 5) is 16.8. The van der Waals surface area contributed by atoms with Crippen LogP contribution in [-0.4, -0.2) is 60.7 Å². The van der Waals surface area contributed by atoms with Crippen LogP contribution in [0.5, 0.6) is 11.5 Å². The van der Waals surface area contributed by atoms with E-state index in [9.17, 15) is 18.0 Å². The van der Waals surface area contributed by atoms with Gasteiger partial charge >= 0.3 is 5.51 Å². The van der Waals surface area contributed by atoms with Crippen molar-refractivity contribution in [1.29, 1.82) is 0 Å². The van der Waals surface area contributed by atoms with E-state index in [2.05, 4.69) is 15.1 Å². The second-order valence-electron chi connectivity index (χ2n) is 7.36. The Kier molecular flexibility index (Phi) is 6.59. The average molecular weight is 453 g/mol. The first-order chi connectivity index (χ1) is 14.8. The summed E-state index contributed by atoms with van der Waals surface area (Å²) in [7, 11) is 0. The van der Waals surface area contributed by atoms with E-state index in [1.807, 2.05) is 18.2 Å². The Morgan fingerprint density at radius 1 is 0.968 bits per heavy atom. The van der Waals surface area contributed by atoms with Crippen molar-refractivity contribution in [1.82, 2.24) is 9.80 Å². The van der Waals surface area contributed by atoms with Gasteiger partial charge in [-0.05, 0) is 53.7 Å². The number of hydrogen-bond donors (Lipinski definition) is 1. The van der Waals surface area contributed by atoms with E-state index < -0.39 is 5.51 Å². The van der Waals surface area contributed by atoms with Crippen molar-refractivity contribution in [2.24, 2.45) is 0 Å². The quantitative estimate of drug-likeness (QED) is 0.672. The van der Waals surface area contributed by atoms with Gasteiger partial charge in [0.25, 0.3) is 0 Å². The molecule has 0 bridgehead atoms. The number of hydrogen-bond acceptors (Lipinski definition) is 6. The molecule has 1 N–H and O–H groups in total. The number of benzene rings is 2. The minimum absolute atomic E-state index is 0.0871. The highest BCUT2D eigenvalue weighted by atomic mass is 32.2. The van der Waals surface area contributed by atoms with E-state index in [0.717, 1.165) is 49.8 Å². The Bertz CT molecular complexity index is 916. The van der Waals surface area contributed by atoms with Gasteiger partial charge in [0.05, 0.1) is 6.54 Å². The predicted octanol–water partition coefficient (Wildman–Crippen LogP) is 3.78. The van der Waals surface area contributed by atoms with Crippen molar-refractivity contribution in [3.63, 3.8) is 0 Å². The zero-order valence-electron chi connectivity index (χ0n) is 16.7. The van der Waals surface area contributed by atoms with Gasteiger partial charge in [-0.1, -0.05) is 6.07 Å². The fourth-order valence-electron chi connectivity index (χ4n) is 3.55. The number of nitrogens with one attached hydrogen (secondary N) is 1. The van der Waals surface area contributed by atoms with Gasteiger partial charge in [0.15, 0.2) is 11.5 Å². The summed E-state index contributed by atoms with van der Waals surface area (Å²) in [6, 6.07) is 11.6. The number of amides is 1. The second kappa shape index (κ2) is 9.37. The van der Waals surface area contributed by atoms with Crippen molar-refractivity contribution in [2.75, 3.05) is 44.8 Å². The number of rotatable bonds is 6. The lowest BCUT2D eigenvalue weighted by molar-refractivity contribution is -0.117. The summed E-state index contributed by atoms with van der Waals surface area (Å²) >= 11 is -0.176. The van der Waals surface area contributed by atoms with Crippen molar-refractivity contribution >= 4 is 23.4 Å². The largest absolute Gasteiger partial charge is 0.454 e. The van der Waals surface area contributed by atoms with Crippen molar-refractivity contribution in [3.8, 4) is 11.5 Å². The molecule has 2 aromatic carbocycles. The van der Waals surface area contributed by atoms with Gasteiger partial charge in [-0.2, -0.15) is 13.2 Å². The molecule has 0 spiro atoms. The highest BCUT2D eigenvalue weighted by Crippen LogP contribution is 2.37. The van der Waals surface area contributed by atoms with Gasteiger partial charge in [-0.25, -0.2) is 0 Å². The summed E-state index contributed by atoms with van der Waals surface area (Å²) in [6.45, 7) is 4.51. The summed E-state index contributed by atoms with van der Waals surface area (Å²) < 4.78 is 47.9. The van der Waals surface area contributed by atoms with Crippen LogP contribution in [0.2, 0.25) is 0 Å². The van der Waals surface area contributed by atoms with Gasteiger partial charge in [-0.15, -0.1) is 0 Å². The summed E-state index contributed by atoms with van der Waals surface area (Å²) in [5, 5.41) is 2.74. The van der Waals surface area contributed by atoms with E-state index in [1.54, 1.807) is 0 Å². The number of carbonyl (C=O) groups is 1. The molecule has 0 aliphatic carbocycles. The van der Waals surface area contributed by atoms with E-state index in [4.69, 9.17) is 9.47 Å². The minimum Gasteiger partial charge on any atom is -0.454 e. The average Bonchev–Trinajstić information content (AvgIpc) is 3.18. The molecule has 0 unspecified atom stereocenters. The minimum atomic E-state index is -4.32. The summed E-state index contributed by atoms with van der Waals surface area (Å²) in [5.41, 5.74) is -2.68. The van der Waals surface area contributed by atoms with E-state index >= 15 is 0 Å². The first-order valence-electron chi connectivity index (χ1n) is 9.83. The third kappa shape index (κ3) is 6.28. The number of fused-ring (bicyclic) bond motifs is 1. The highest BCUT2D eigenvalue weighted by Gasteiger charge is 2.29. The van der Waals surface area contributed by atoms with E-state index in [1.165, 1.54) is 24.3 Å². The Balaban J connectivity index is 1.20. The van der Waals surface area contributed by atoms with Gasteiger partial charge in [0.2, 0.25) is 12.7 Å². The number of halogens is 3. The van der Waals surface area contributed by atoms with Gasteiger partial charge in [0.1, 0.15) is 0 Å². The fraction of sp³-hybridized carbons (Fsp3) is 0.381. The lowest BCUT2D eigenvalue weighted by Gasteiger charge is -2.34. The number of anilines is 1. The first-order valence-corrected chi connectivity index (χ1v) is 10.6. The van der Waals surface area contributed by atoms with E-state index in [-0.39, 0.29) is 35.9 Å². The molecule has 1 amide bonds. The molecule has 31 heavy (non-hydrogen) atoms. The van der Waals surface area contributed by atoms with Crippen molar-refractivity contribution in [3.05, 3.63) is 48.0 Å². The summed E-state index contributed by atoms with van der Waals surface area (Å²) in [6.07, 6.45) is 0. The van der Waals surface area contributed by atoms with E-state index in [0.29, 0.717) is 5.69 Å². The molecule has 0 aromatic heterocycles. The summed E-state index contributed by atoms with van der Waals surface area (Å²) in [5.74, 6) is 1.37. The van der Waals surface area contributed by atoms with Crippen LogP contribution in [0.3, 0.4) is 0 Å². The monoisotopic (exact) mass is 453 g/mol. The number of ether oxygens (including phenoxy) is 2. The zero-order chi connectivity index (χ0) is 21.8. The van der Waals surface area contributed by atoms with Crippen LogP contribution in [0.25, 0.3) is 0 Å². The number of alkyl halides is 3. The SMILES string of the molecule is O=C(CN1CCN(Cc2ccc3c(c2)OCO3)CC1)Nc1ccc(SC(F)(F)F)cc1. The predicted molar refractivity (Wildman–Crippen MR) is 111 cm³/mol. The van der Waals surface area contributed by atoms with Gasteiger partial charge in [0, 0.05) is 43.3 Å². The molecule has 4 rings (SSSR count). The number of carbonyl (C=O) groups excluding carboxylic acids is 1. The van der Waals surface area contributed by atoms with Gasteiger partial charge in [-0.3, -0.25) is 14.6 Å². The standard InChI is InChI=1S/C21H22F3N3O3S/c22-21(23,24)31-17-4-2-16(3-5-17)25-20(28)13-27-9-7-26(8-10-27)12-15-1-6-18-19(11-15)30-14-29-18/h1-6,11H,7-10,12-14H2,(H,25,28). The normalized spacial score (nSPS) is 17.0. The van der Waals surface area contributed by atoms with Crippen LogP contribution in [0, 0.1) is 0 Å². The Morgan fingerprint density at radius 2 is 1.65 bits per heavy atom. The third-order valence-corrected chi connectivity index (χ3v) is 5.79. The first kappa shape index (κ1) is 21.8. The molecule has 1 fully saturated rings.